The van der Waals surface area contributed by atoms with Crippen LogP contribution in [0.1, 0.15) is 65.9 Å². The summed E-state index contributed by atoms with van der Waals surface area (Å²) < 4.78 is 16.0. The molecule has 0 heterocycles. The van der Waals surface area contributed by atoms with Crippen LogP contribution in [-0.4, -0.2) is 41.1 Å². The van der Waals surface area contributed by atoms with Gasteiger partial charge in [-0.3, -0.25) is 19.2 Å². The molecule has 9 nitrogen and oxygen atoms in total. The van der Waals surface area contributed by atoms with Gasteiger partial charge in [0.25, 0.3) is 0 Å². The first-order valence-corrected chi connectivity index (χ1v) is 10.7. The van der Waals surface area contributed by atoms with Crippen molar-refractivity contribution in [3.63, 3.8) is 0 Å². The van der Waals surface area contributed by atoms with Crippen LogP contribution in [0, 0.1) is 11.8 Å². The second kappa shape index (κ2) is 12.2. The van der Waals surface area contributed by atoms with Crippen molar-refractivity contribution in [2.75, 3.05) is 0 Å². The zero-order valence-corrected chi connectivity index (χ0v) is 19.4. The monoisotopic (exact) mass is 451 g/mol. The van der Waals surface area contributed by atoms with Crippen LogP contribution in [0.4, 0.5) is 0 Å². The van der Waals surface area contributed by atoms with E-state index in [2.05, 4.69) is 0 Å². The highest BCUT2D eigenvalue weighted by atomic mass is 16.6. The Morgan fingerprint density at radius 3 is 1.94 bits per heavy atom. The van der Waals surface area contributed by atoms with E-state index in [1.54, 1.807) is 47.6 Å². The van der Waals surface area contributed by atoms with Crippen molar-refractivity contribution in [2.45, 2.75) is 72.4 Å². The predicted octanol–water partition coefficient (Wildman–Crippen LogP) is 3.04. The van der Waals surface area contributed by atoms with E-state index >= 15 is 0 Å². The molecule has 1 aromatic rings. The van der Waals surface area contributed by atoms with Crippen molar-refractivity contribution in [3.05, 3.63) is 23.8 Å². The third-order valence-electron chi connectivity index (χ3n) is 5.13. The van der Waals surface area contributed by atoms with E-state index in [4.69, 9.17) is 19.9 Å². The van der Waals surface area contributed by atoms with Crippen LogP contribution in [0.3, 0.4) is 0 Å². The number of benzene rings is 1. The minimum Gasteiger partial charge on any atom is -0.480 e. The average Bonchev–Trinajstić information content (AvgIpc) is 2.74. The molecule has 0 radical (unpaired) electrons. The van der Waals surface area contributed by atoms with Crippen LogP contribution in [0.2, 0.25) is 0 Å². The minimum absolute atomic E-state index is 0.0160. The molecule has 0 spiro atoms. The molecule has 0 bridgehead atoms. The number of carboxylic acids is 1. The molecular formula is C23H33NO8. The lowest BCUT2D eigenvalue weighted by Crippen LogP contribution is -2.43. The van der Waals surface area contributed by atoms with Crippen LogP contribution < -0.4 is 15.2 Å². The van der Waals surface area contributed by atoms with Gasteiger partial charge >= 0.3 is 23.9 Å². The van der Waals surface area contributed by atoms with Crippen LogP contribution >= 0.6 is 0 Å². The van der Waals surface area contributed by atoms with Gasteiger partial charge in [-0.15, -0.1) is 0 Å². The first kappa shape index (κ1) is 27.1. The van der Waals surface area contributed by atoms with Gasteiger partial charge in [0.05, 0.1) is 5.92 Å². The molecule has 9 heteroatoms. The lowest BCUT2D eigenvalue weighted by atomic mass is 9.79. The fraction of sp³-hybridized carbons (Fsp3) is 0.565. The summed E-state index contributed by atoms with van der Waals surface area (Å²) in [5.74, 6) is -4.34. The minimum atomic E-state index is -1.33. The highest BCUT2D eigenvalue weighted by Crippen LogP contribution is 2.37. The van der Waals surface area contributed by atoms with Crippen molar-refractivity contribution in [3.8, 4) is 11.5 Å². The number of nitrogens with two attached hydrogens (primary N) is 1. The number of aliphatic carboxylic acids is 1. The molecule has 4 atom stereocenters. The second-order valence-electron chi connectivity index (χ2n) is 7.91. The maximum Gasteiger partial charge on any atom is 0.321 e. The van der Waals surface area contributed by atoms with E-state index < -0.39 is 47.9 Å². The highest BCUT2D eigenvalue weighted by Gasteiger charge is 2.36. The fourth-order valence-corrected chi connectivity index (χ4v) is 3.00. The Labute approximate surface area is 188 Å². The van der Waals surface area contributed by atoms with Gasteiger partial charge < -0.3 is 25.1 Å². The lowest BCUT2D eigenvalue weighted by Gasteiger charge is -2.32. The Balaban J connectivity index is 3.43. The van der Waals surface area contributed by atoms with E-state index in [-0.39, 0.29) is 30.3 Å². The molecule has 0 aliphatic heterocycles. The fourth-order valence-electron chi connectivity index (χ4n) is 3.00. The van der Waals surface area contributed by atoms with Crippen molar-refractivity contribution < 1.29 is 38.5 Å². The van der Waals surface area contributed by atoms with Crippen molar-refractivity contribution in [2.24, 2.45) is 17.6 Å². The molecule has 3 unspecified atom stereocenters. The van der Waals surface area contributed by atoms with Crippen molar-refractivity contribution in [1.29, 1.82) is 0 Å². The van der Waals surface area contributed by atoms with E-state index in [0.29, 0.717) is 5.56 Å². The lowest BCUT2D eigenvalue weighted by molar-refractivity contribution is -0.155. The van der Waals surface area contributed by atoms with Crippen molar-refractivity contribution in [1.82, 2.24) is 0 Å². The Morgan fingerprint density at radius 2 is 1.47 bits per heavy atom. The van der Waals surface area contributed by atoms with Gasteiger partial charge in [0.15, 0.2) is 11.5 Å². The van der Waals surface area contributed by atoms with Crippen LogP contribution in [0.25, 0.3) is 0 Å². The first-order valence-electron chi connectivity index (χ1n) is 10.7. The number of esters is 3. The van der Waals surface area contributed by atoms with E-state index in [1.165, 1.54) is 12.1 Å². The molecule has 32 heavy (non-hydrogen) atoms. The molecule has 1 rings (SSSR count). The van der Waals surface area contributed by atoms with Gasteiger partial charge in [-0.05, 0) is 24.6 Å². The molecule has 0 aliphatic carbocycles. The molecule has 3 N–H and O–H groups in total. The van der Waals surface area contributed by atoms with Crippen LogP contribution in [0.5, 0.6) is 11.5 Å². The van der Waals surface area contributed by atoms with Crippen LogP contribution in [-0.2, 0) is 23.9 Å². The number of carbonyl (C=O) groups excluding carboxylic acids is 3. The summed E-state index contributed by atoms with van der Waals surface area (Å²) in [6, 6.07) is 3.10. The number of rotatable bonds is 11. The Kier molecular flexibility index (Phi) is 10.3. The van der Waals surface area contributed by atoms with Crippen molar-refractivity contribution >= 4 is 23.9 Å². The average molecular weight is 452 g/mol. The van der Waals surface area contributed by atoms with Gasteiger partial charge in [-0.25, -0.2) is 0 Å². The largest absolute Gasteiger partial charge is 0.480 e. The summed E-state index contributed by atoms with van der Waals surface area (Å²) in [6.07, 6.45) is -0.438. The maximum absolute atomic E-state index is 12.0. The van der Waals surface area contributed by atoms with Gasteiger partial charge in [0.1, 0.15) is 12.1 Å². The Hall–Kier alpha value is -2.94. The van der Waals surface area contributed by atoms with E-state index in [1.807, 2.05) is 0 Å². The zero-order valence-electron chi connectivity index (χ0n) is 19.4. The second-order valence-corrected chi connectivity index (χ2v) is 7.91. The topological polar surface area (TPSA) is 142 Å². The summed E-state index contributed by atoms with van der Waals surface area (Å²) in [4.78, 5) is 47.4. The highest BCUT2D eigenvalue weighted by molar-refractivity contribution is 5.77. The molecule has 0 saturated carbocycles. The third-order valence-corrected chi connectivity index (χ3v) is 5.13. The summed E-state index contributed by atoms with van der Waals surface area (Å²) >= 11 is 0. The predicted molar refractivity (Wildman–Crippen MR) is 116 cm³/mol. The number of carbonyl (C=O) groups is 4. The molecule has 0 amide bonds. The summed E-state index contributed by atoms with van der Waals surface area (Å²) in [5, 5.41) is 9.59. The zero-order chi connectivity index (χ0) is 24.6. The molecule has 178 valence electrons. The van der Waals surface area contributed by atoms with Gasteiger partial charge in [-0.2, -0.15) is 0 Å². The third kappa shape index (κ3) is 7.33. The molecule has 1 aromatic carbocycles. The number of ether oxygens (including phenoxy) is 3. The number of hydrogen-bond donors (Lipinski definition) is 2. The molecule has 0 saturated heterocycles. The molecular weight excluding hydrogens is 418 g/mol. The van der Waals surface area contributed by atoms with E-state index in [0.717, 1.165) is 0 Å². The standard InChI is InChI=1S/C23H33NO8/c1-7-18(25)31-16-10-9-15(11-17(16)32-19(26)8-2)20(21(24)22(27)28)13(5)14(6)30-23(29)12(3)4/h9-14,20-21H,7-8,24H2,1-6H3,(H,27,28)/t13?,14?,20?,21-/m0/s1. The maximum atomic E-state index is 12.0. The number of hydrogen-bond acceptors (Lipinski definition) is 8. The summed E-state index contributed by atoms with van der Waals surface area (Å²) in [5.41, 5.74) is 6.45. The molecule has 0 fully saturated rings. The first-order chi connectivity index (χ1) is 14.9. The number of carboxylic acid groups (broad SMARTS) is 1. The van der Waals surface area contributed by atoms with Crippen LogP contribution in [0.15, 0.2) is 18.2 Å². The summed E-state index contributed by atoms with van der Waals surface area (Å²) in [6.45, 7) is 10.0. The van der Waals surface area contributed by atoms with Gasteiger partial charge in [0.2, 0.25) is 0 Å². The van der Waals surface area contributed by atoms with Gasteiger partial charge in [-0.1, -0.05) is 40.7 Å². The van der Waals surface area contributed by atoms with Gasteiger partial charge in [0, 0.05) is 24.7 Å². The molecule has 0 aliphatic rings. The molecule has 0 aromatic heterocycles. The Bertz CT molecular complexity index is 835. The summed E-state index contributed by atoms with van der Waals surface area (Å²) in [7, 11) is 0. The smallest absolute Gasteiger partial charge is 0.321 e. The quantitative estimate of drug-likeness (QED) is 0.383. The van der Waals surface area contributed by atoms with E-state index in [9.17, 15) is 24.3 Å². The SMILES string of the molecule is CCC(=O)Oc1ccc(C(C(C)C(C)OC(=O)C(C)C)[C@H](N)C(=O)O)cc1OC(=O)CC. The Morgan fingerprint density at radius 1 is 0.938 bits per heavy atom. The normalized spacial score (nSPS) is 14.8.